The molecule has 224 valence electrons. The molecular weight excluding hydrogens is 585 g/mol. The van der Waals surface area contributed by atoms with Crippen molar-refractivity contribution < 1.29 is 0 Å². The molecule has 0 aliphatic heterocycles. The van der Waals surface area contributed by atoms with Crippen LogP contribution in [0.5, 0.6) is 0 Å². The number of benzene rings is 6. The molecule has 3 heterocycles. The van der Waals surface area contributed by atoms with Gasteiger partial charge < -0.3 is 0 Å². The molecule has 48 heavy (non-hydrogen) atoms. The lowest BCUT2D eigenvalue weighted by molar-refractivity contribution is 1.18. The summed E-state index contributed by atoms with van der Waals surface area (Å²) >= 11 is 0. The Morgan fingerprint density at radius 3 is 1.65 bits per heavy atom. The monoisotopic (exact) mass is 612 g/mol. The van der Waals surface area contributed by atoms with Crippen molar-refractivity contribution in [3.63, 3.8) is 0 Å². The van der Waals surface area contributed by atoms with Crippen LogP contribution < -0.4 is 0 Å². The quantitative estimate of drug-likeness (QED) is 0.143. The molecule has 6 aromatic carbocycles. The summed E-state index contributed by atoms with van der Waals surface area (Å²) in [6.45, 7) is 0. The van der Waals surface area contributed by atoms with Crippen molar-refractivity contribution in [1.82, 2.24) is 19.9 Å². The molecule has 3 aromatic heterocycles. The average molecular weight is 613 g/mol. The Hall–Kier alpha value is -6.52. The van der Waals surface area contributed by atoms with Crippen LogP contribution in [0.2, 0.25) is 0 Å². The van der Waals surface area contributed by atoms with Gasteiger partial charge in [-0.2, -0.15) is 0 Å². The molecule has 0 saturated carbocycles. The third kappa shape index (κ3) is 4.97. The Kier molecular flexibility index (Phi) is 6.76. The molecule has 0 aliphatic rings. The van der Waals surface area contributed by atoms with E-state index in [1.165, 1.54) is 11.1 Å². The maximum absolute atomic E-state index is 5.29. The topological polar surface area (TPSA) is 51.6 Å². The lowest BCUT2D eigenvalue weighted by Crippen LogP contribution is -1.96. The van der Waals surface area contributed by atoms with Crippen LogP contribution in [-0.4, -0.2) is 19.9 Å². The van der Waals surface area contributed by atoms with E-state index < -0.39 is 0 Å². The summed E-state index contributed by atoms with van der Waals surface area (Å²) in [6.07, 6.45) is 0. The van der Waals surface area contributed by atoms with Gasteiger partial charge in [0, 0.05) is 44.0 Å². The predicted molar refractivity (Wildman–Crippen MR) is 197 cm³/mol. The molecule has 0 amide bonds. The summed E-state index contributed by atoms with van der Waals surface area (Å²) in [5.41, 5.74) is 11.8. The van der Waals surface area contributed by atoms with Crippen molar-refractivity contribution in [2.75, 3.05) is 0 Å². The van der Waals surface area contributed by atoms with Gasteiger partial charge in [-0.25, -0.2) is 19.9 Å². The smallest absolute Gasteiger partial charge is 0.160 e. The summed E-state index contributed by atoms with van der Waals surface area (Å²) in [5, 5.41) is 3.28. The molecule has 0 fully saturated rings. The van der Waals surface area contributed by atoms with Gasteiger partial charge in [-0.1, -0.05) is 146 Å². The van der Waals surface area contributed by atoms with Gasteiger partial charge in [-0.05, 0) is 29.8 Å². The molecule has 4 heteroatoms. The molecule has 0 bridgehead atoms. The number of hydrogen-bond donors (Lipinski definition) is 0. The second-order valence-electron chi connectivity index (χ2n) is 11.9. The SMILES string of the molecule is c1ccc(-c2cc(-c3cccc(-c4ccc5ccc6c(-c7ccccc7)c7ccccc7nc6c5n4)c3)nc(-c3ccccc3)n2)cc1. The van der Waals surface area contributed by atoms with Gasteiger partial charge in [-0.3, -0.25) is 0 Å². The van der Waals surface area contributed by atoms with E-state index in [-0.39, 0.29) is 0 Å². The molecule has 0 aliphatic carbocycles. The second-order valence-corrected chi connectivity index (χ2v) is 11.9. The number of rotatable bonds is 5. The molecule has 0 atom stereocenters. The summed E-state index contributed by atoms with van der Waals surface area (Å²) in [4.78, 5) is 20.5. The minimum atomic E-state index is 0.695. The summed E-state index contributed by atoms with van der Waals surface area (Å²) < 4.78 is 0. The first-order valence-corrected chi connectivity index (χ1v) is 16.1. The fourth-order valence-electron chi connectivity index (χ4n) is 6.52. The van der Waals surface area contributed by atoms with Gasteiger partial charge in [0.15, 0.2) is 5.82 Å². The van der Waals surface area contributed by atoms with Crippen LogP contribution in [0.4, 0.5) is 0 Å². The highest BCUT2D eigenvalue weighted by molar-refractivity contribution is 6.16. The van der Waals surface area contributed by atoms with Gasteiger partial charge in [-0.15, -0.1) is 0 Å². The van der Waals surface area contributed by atoms with Gasteiger partial charge in [0.05, 0.1) is 33.6 Å². The van der Waals surface area contributed by atoms with Gasteiger partial charge in [0.1, 0.15) is 0 Å². The molecule has 9 aromatic rings. The van der Waals surface area contributed by atoms with Crippen molar-refractivity contribution in [3.8, 4) is 56.3 Å². The van der Waals surface area contributed by atoms with Crippen LogP contribution in [-0.2, 0) is 0 Å². The number of hydrogen-bond acceptors (Lipinski definition) is 4. The largest absolute Gasteiger partial charge is 0.245 e. The minimum absolute atomic E-state index is 0.695. The molecule has 0 unspecified atom stereocenters. The highest BCUT2D eigenvalue weighted by Gasteiger charge is 2.16. The summed E-state index contributed by atoms with van der Waals surface area (Å²) in [7, 11) is 0. The Bertz CT molecular complexity index is 2540. The third-order valence-corrected chi connectivity index (χ3v) is 8.85. The van der Waals surface area contributed by atoms with E-state index in [9.17, 15) is 0 Å². The summed E-state index contributed by atoms with van der Waals surface area (Å²) in [6, 6.07) is 58.5. The van der Waals surface area contributed by atoms with Gasteiger partial charge >= 0.3 is 0 Å². The molecule has 0 spiro atoms. The van der Waals surface area contributed by atoms with E-state index in [0.717, 1.165) is 72.0 Å². The lowest BCUT2D eigenvalue weighted by Gasteiger charge is -2.13. The number of pyridine rings is 2. The first kappa shape index (κ1) is 27.8. The van der Waals surface area contributed by atoms with Crippen LogP contribution in [0.15, 0.2) is 170 Å². The maximum Gasteiger partial charge on any atom is 0.160 e. The molecule has 0 N–H and O–H groups in total. The molecule has 9 rings (SSSR count). The Morgan fingerprint density at radius 1 is 0.312 bits per heavy atom. The van der Waals surface area contributed by atoms with Crippen LogP contribution in [0.1, 0.15) is 0 Å². The van der Waals surface area contributed by atoms with Crippen molar-refractivity contribution in [3.05, 3.63) is 170 Å². The zero-order valence-electron chi connectivity index (χ0n) is 26.0. The van der Waals surface area contributed by atoms with Gasteiger partial charge in [0.2, 0.25) is 0 Å². The van der Waals surface area contributed by atoms with Crippen molar-refractivity contribution in [2.45, 2.75) is 0 Å². The van der Waals surface area contributed by atoms with E-state index in [4.69, 9.17) is 19.9 Å². The van der Waals surface area contributed by atoms with Crippen LogP contribution in [0, 0.1) is 0 Å². The van der Waals surface area contributed by atoms with Crippen molar-refractivity contribution in [2.24, 2.45) is 0 Å². The van der Waals surface area contributed by atoms with Crippen LogP contribution >= 0.6 is 0 Å². The van der Waals surface area contributed by atoms with E-state index >= 15 is 0 Å². The third-order valence-electron chi connectivity index (χ3n) is 8.85. The average Bonchev–Trinajstić information content (AvgIpc) is 3.17. The Morgan fingerprint density at radius 2 is 0.896 bits per heavy atom. The molecule has 0 saturated heterocycles. The first-order valence-electron chi connectivity index (χ1n) is 16.1. The Labute approximate surface area is 278 Å². The van der Waals surface area contributed by atoms with E-state index in [2.05, 4.69) is 115 Å². The van der Waals surface area contributed by atoms with E-state index in [0.29, 0.717) is 5.82 Å². The van der Waals surface area contributed by atoms with Crippen LogP contribution in [0.25, 0.3) is 89.0 Å². The van der Waals surface area contributed by atoms with Crippen molar-refractivity contribution >= 4 is 32.7 Å². The van der Waals surface area contributed by atoms with E-state index in [1.807, 2.05) is 54.6 Å². The zero-order valence-corrected chi connectivity index (χ0v) is 26.0. The summed E-state index contributed by atoms with van der Waals surface area (Å²) in [5.74, 6) is 0.695. The second kappa shape index (κ2) is 11.7. The number of para-hydroxylation sites is 1. The fraction of sp³-hybridized carbons (Fsp3) is 0. The minimum Gasteiger partial charge on any atom is -0.245 e. The highest BCUT2D eigenvalue weighted by atomic mass is 14.9. The number of fused-ring (bicyclic) bond motifs is 4. The Balaban J connectivity index is 1.21. The maximum atomic E-state index is 5.29. The normalized spacial score (nSPS) is 11.3. The predicted octanol–water partition coefficient (Wildman–Crippen LogP) is 11.1. The number of nitrogens with zero attached hydrogens (tertiary/aromatic N) is 4. The molecule has 4 nitrogen and oxygen atoms in total. The number of aromatic nitrogens is 4. The lowest BCUT2D eigenvalue weighted by atomic mass is 9.95. The molecule has 0 radical (unpaired) electrons. The van der Waals surface area contributed by atoms with Crippen molar-refractivity contribution in [1.29, 1.82) is 0 Å². The highest BCUT2D eigenvalue weighted by Crippen LogP contribution is 2.38. The molecular formula is C44H28N4. The standard InChI is InChI=1S/C44H28N4/c1-4-13-29(14-5-1)39-28-40(48-44(47-39)32-17-8-3-9-18-32)34-20-12-19-33(27-34)37-26-24-31-23-25-36-41(30-15-6-2-7-16-30)35-21-10-11-22-38(35)46-43(36)42(31)45-37/h1-28H. The fourth-order valence-corrected chi connectivity index (χ4v) is 6.52. The first-order chi connectivity index (χ1) is 23.8. The van der Waals surface area contributed by atoms with Crippen LogP contribution in [0.3, 0.4) is 0 Å². The van der Waals surface area contributed by atoms with E-state index in [1.54, 1.807) is 0 Å². The van der Waals surface area contributed by atoms with Gasteiger partial charge in [0.25, 0.3) is 0 Å². The zero-order chi connectivity index (χ0) is 31.9.